The van der Waals surface area contributed by atoms with Crippen molar-refractivity contribution < 1.29 is 0 Å². The molecule has 1 saturated carbocycles. The highest BCUT2D eigenvalue weighted by molar-refractivity contribution is 6.35. The third kappa shape index (κ3) is 3.20. The molecule has 1 nitrogen and oxygen atoms in total. The summed E-state index contributed by atoms with van der Waals surface area (Å²) in [5.41, 5.74) is 1.72. The van der Waals surface area contributed by atoms with Crippen LogP contribution in [0.15, 0.2) is 18.2 Å². The first kappa shape index (κ1) is 14.2. The molecule has 0 saturated heterocycles. The predicted octanol–water partition coefficient (Wildman–Crippen LogP) is 5.22. The Morgan fingerprint density at radius 3 is 2.50 bits per heavy atom. The third-order valence-electron chi connectivity index (χ3n) is 4.18. The molecule has 1 unspecified atom stereocenters. The number of hydrogen-bond acceptors (Lipinski definition) is 1. The van der Waals surface area contributed by atoms with Crippen molar-refractivity contribution in [1.82, 2.24) is 5.32 Å². The molecule has 3 heteroatoms. The lowest BCUT2D eigenvalue weighted by molar-refractivity contribution is 0.399. The minimum Gasteiger partial charge on any atom is -0.309 e. The summed E-state index contributed by atoms with van der Waals surface area (Å²) < 4.78 is 0. The lowest BCUT2D eigenvalue weighted by Crippen LogP contribution is -2.28. The van der Waals surface area contributed by atoms with Gasteiger partial charge in [-0.2, -0.15) is 0 Å². The maximum absolute atomic E-state index is 6.28. The molecule has 0 spiro atoms. The average Bonchev–Trinajstić information content (AvgIpc) is 3.13. The van der Waals surface area contributed by atoms with Crippen LogP contribution in [0.2, 0.25) is 10.0 Å². The Labute approximate surface area is 120 Å². The molecule has 1 aromatic carbocycles. The predicted molar refractivity (Wildman–Crippen MR) is 79.5 cm³/mol. The summed E-state index contributed by atoms with van der Waals surface area (Å²) in [6, 6.07) is 6.12. The van der Waals surface area contributed by atoms with E-state index in [-0.39, 0.29) is 0 Å². The fourth-order valence-electron chi connectivity index (χ4n) is 2.43. The van der Waals surface area contributed by atoms with Crippen molar-refractivity contribution in [1.29, 1.82) is 0 Å². The monoisotopic (exact) mass is 285 g/mol. The van der Waals surface area contributed by atoms with Gasteiger partial charge in [-0.15, -0.1) is 0 Å². The van der Waals surface area contributed by atoms with Crippen molar-refractivity contribution in [3.05, 3.63) is 33.8 Å². The zero-order chi connectivity index (χ0) is 13.2. The van der Waals surface area contributed by atoms with E-state index >= 15 is 0 Å². The molecule has 1 atom stereocenters. The summed E-state index contributed by atoms with van der Waals surface area (Å²) >= 11 is 12.2. The average molecular weight is 286 g/mol. The Hall–Kier alpha value is -0.240. The van der Waals surface area contributed by atoms with Gasteiger partial charge in [-0.1, -0.05) is 43.1 Å². The maximum Gasteiger partial charge on any atom is 0.0468 e. The number of benzene rings is 1. The highest BCUT2D eigenvalue weighted by Gasteiger charge is 2.40. The molecule has 2 rings (SSSR count). The Balaban J connectivity index is 2.03. The van der Waals surface area contributed by atoms with E-state index < -0.39 is 0 Å². The fourth-order valence-corrected chi connectivity index (χ4v) is 2.97. The van der Waals surface area contributed by atoms with Crippen molar-refractivity contribution in [2.75, 3.05) is 6.54 Å². The van der Waals surface area contributed by atoms with E-state index in [9.17, 15) is 0 Å². The zero-order valence-electron chi connectivity index (χ0n) is 11.1. The second-order valence-electron chi connectivity index (χ2n) is 5.36. The Kier molecular flexibility index (Phi) is 4.58. The quantitative estimate of drug-likeness (QED) is 0.755. The topological polar surface area (TPSA) is 12.0 Å². The SMILES string of the molecule is CCC(NCC1(CC)CC1)c1ccc(Cl)cc1Cl. The van der Waals surface area contributed by atoms with Crippen LogP contribution in [-0.4, -0.2) is 6.54 Å². The molecular formula is C15H21Cl2N. The molecule has 0 aliphatic heterocycles. The van der Waals surface area contributed by atoms with Gasteiger partial charge < -0.3 is 5.32 Å². The molecule has 1 aliphatic carbocycles. The van der Waals surface area contributed by atoms with Crippen LogP contribution in [-0.2, 0) is 0 Å². The summed E-state index contributed by atoms with van der Waals surface area (Å²) in [7, 11) is 0. The summed E-state index contributed by atoms with van der Waals surface area (Å²) in [6.07, 6.45) is 5.04. The number of halogens is 2. The lowest BCUT2D eigenvalue weighted by Gasteiger charge is -2.22. The van der Waals surface area contributed by atoms with E-state index in [4.69, 9.17) is 23.2 Å². The van der Waals surface area contributed by atoms with Gasteiger partial charge >= 0.3 is 0 Å². The second-order valence-corrected chi connectivity index (χ2v) is 6.20. The van der Waals surface area contributed by atoms with E-state index in [1.807, 2.05) is 18.2 Å². The molecule has 0 amide bonds. The number of nitrogens with one attached hydrogen (secondary N) is 1. The first-order valence-electron chi connectivity index (χ1n) is 6.78. The standard InChI is InChI=1S/C15H21Cl2N/c1-3-14(18-10-15(4-2)7-8-15)12-6-5-11(16)9-13(12)17/h5-6,9,14,18H,3-4,7-8,10H2,1-2H3. The molecule has 0 radical (unpaired) electrons. The van der Waals surface area contributed by atoms with Gasteiger partial charge in [0.05, 0.1) is 0 Å². The van der Waals surface area contributed by atoms with Crippen LogP contribution in [0.3, 0.4) is 0 Å². The van der Waals surface area contributed by atoms with Crippen LogP contribution in [0.5, 0.6) is 0 Å². The Bertz CT molecular complexity index is 413. The summed E-state index contributed by atoms with van der Waals surface area (Å²) in [6.45, 7) is 5.57. The first-order valence-corrected chi connectivity index (χ1v) is 7.54. The summed E-state index contributed by atoms with van der Waals surface area (Å²) in [5, 5.41) is 5.14. The van der Waals surface area contributed by atoms with E-state index in [1.165, 1.54) is 19.3 Å². The van der Waals surface area contributed by atoms with Crippen molar-refractivity contribution >= 4 is 23.2 Å². The maximum atomic E-state index is 6.28. The number of rotatable bonds is 6. The third-order valence-corrected chi connectivity index (χ3v) is 4.74. The molecule has 1 aromatic rings. The van der Waals surface area contributed by atoms with Gasteiger partial charge in [-0.25, -0.2) is 0 Å². The van der Waals surface area contributed by atoms with E-state index in [2.05, 4.69) is 19.2 Å². The van der Waals surface area contributed by atoms with Crippen LogP contribution in [0.25, 0.3) is 0 Å². The van der Waals surface area contributed by atoms with Crippen molar-refractivity contribution in [3.8, 4) is 0 Å². The van der Waals surface area contributed by atoms with Gasteiger partial charge in [0.25, 0.3) is 0 Å². The smallest absolute Gasteiger partial charge is 0.0468 e. The molecule has 0 bridgehead atoms. The largest absolute Gasteiger partial charge is 0.309 e. The van der Waals surface area contributed by atoms with Gasteiger partial charge in [0, 0.05) is 22.6 Å². The van der Waals surface area contributed by atoms with Gasteiger partial charge in [-0.05, 0) is 48.8 Å². The minimum absolute atomic E-state index is 0.332. The zero-order valence-corrected chi connectivity index (χ0v) is 12.6. The van der Waals surface area contributed by atoms with Crippen LogP contribution in [0.1, 0.15) is 51.1 Å². The molecule has 100 valence electrons. The second kappa shape index (κ2) is 5.81. The van der Waals surface area contributed by atoms with Crippen LogP contribution >= 0.6 is 23.2 Å². The molecule has 0 heterocycles. The van der Waals surface area contributed by atoms with E-state index in [0.717, 1.165) is 23.6 Å². The minimum atomic E-state index is 0.332. The van der Waals surface area contributed by atoms with E-state index in [0.29, 0.717) is 16.5 Å². The van der Waals surface area contributed by atoms with Crippen molar-refractivity contribution in [3.63, 3.8) is 0 Å². The summed E-state index contributed by atoms with van der Waals surface area (Å²) in [5.74, 6) is 0. The lowest BCUT2D eigenvalue weighted by atomic mass is 10.0. The number of hydrogen-bond donors (Lipinski definition) is 1. The molecular weight excluding hydrogens is 265 g/mol. The molecule has 1 aliphatic rings. The first-order chi connectivity index (χ1) is 8.60. The highest BCUT2D eigenvalue weighted by atomic mass is 35.5. The highest BCUT2D eigenvalue weighted by Crippen LogP contribution is 2.48. The van der Waals surface area contributed by atoms with Gasteiger partial charge in [0.2, 0.25) is 0 Å². The normalized spacial score (nSPS) is 18.7. The molecule has 1 N–H and O–H groups in total. The van der Waals surface area contributed by atoms with Gasteiger partial charge in [-0.3, -0.25) is 0 Å². The van der Waals surface area contributed by atoms with Crippen molar-refractivity contribution in [2.45, 2.75) is 45.6 Å². The molecule has 18 heavy (non-hydrogen) atoms. The van der Waals surface area contributed by atoms with E-state index in [1.54, 1.807) is 0 Å². The summed E-state index contributed by atoms with van der Waals surface area (Å²) in [4.78, 5) is 0. The molecule has 1 fully saturated rings. The van der Waals surface area contributed by atoms with Crippen molar-refractivity contribution in [2.24, 2.45) is 5.41 Å². The fraction of sp³-hybridized carbons (Fsp3) is 0.600. The Morgan fingerprint density at radius 2 is 2.00 bits per heavy atom. The van der Waals surface area contributed by atoms with Gasteiger partial charge in [0.15, 0.2) is 0 Å². The Morgan fingerprint density at radius 1 is 1.28 bits per heavy atom. The molecule has 0 aromatic heterocycles. The van der Waals surface area contributed by atoms with Crippen LogP contribution < -0.4 is 5.32 Å². The van der Waals surface area contributed by atoms with Gasteiger partial charge in [0.1, 0.15) is 0 Å². The van der Waals surface area contributed by atoms with Crippen LogP contribution in [0.4, 0.5) is 0 Å². The van der Waals surface area contributed by atoms with Crippen LogP contribution in [0, 0.1) is 5.41 Å².